The SMILES string of the molecule is CCOC(=O)c1c(NC(=O)CSc2nnc3scc(-c4ccccc4)n23)sc(C)c1C. The molecule has 0 atom stereocenters. The second-order valence-corrected chi connectivity index (χ2v) is 9.64. The number of nitrogens with one attached hydrogen (secondary N) is 1. The number of nitrogens with zero attached hydrogens (tertiary/aromatic N) is 3. The molecule has 0 fully saturated rings. The van der Waals surface area contributed by atoms with Gasteiger partial charge in [-0.2, -0.15) is 0 Å². The summed E-state index contributed by atoms with van der Waals surface area (Å²) in [4.78, 5) is 26.7. The highest BCUT2D eigenvalue weighted by atomic mass is 32.2. The number of fused-ring (bicyclic) bond motifs is 1. The number of aromatic nitrogens is 3. The van der Waals surface area contributed by atoms with Gasteiger partial charge in [-0.15, -0.1) is 32.9 Å². The van der Waals surface area contributed by atoms with Crippen molar-refractivity contribution in [1.82, 2.24) is 14.6 Å². The minimum Gasteiger partial charge on any atom is -0.462 e. The van der Waals surface area contributed by atoms with Gasteiger partial charge in [-0.05, 0) is 31.9 Å². The van der Waals surface area contributed by atoms with Crippen molar-refractivity contribution in [3.05, 3.63) is 51.7 Å². The molecule has 160 valence electrons. The van der Waals surface area contributed by atoms with Crippen LogP contribution in [0.5, 0.6) is 0 Å². The van der Waals surface area contributed by atoms with Crippen LogP contribution in [0.15, 0.2) is 40.9 Å². The van der Waals surface area contributed by atoms with Gasteiger partial charge in [-0.1, -0.05) is 42.1 Å². The summed E-state index contributed by atoms with van der Waals surface area (Å²) in [5, 5.41) is 14.5. The summed E-state index contributed by atoms with van der Waals surface area (Å²) in [6.45, 7) is 5.82. The zero-order valence-corrected chi connectivity index (χ0v) is 19.6. The van der Waals surface area contributed by atoms with E-state index >= 15 is 0 Å². The molecule has 0 saturated carbocycles. The predicted octanol–water partition coefficient (Wildman–Crippen LogP) is 5.04. The van der Waals surface area contributed by atoms with Crippen LogP contribution < -0.4 is 5.32 Å². The van der Waals surface area contributed by atoms with Crippen molar-refractivity contribution in [1.29, 1.82) is 0 Å². The molecule has 0 unspecified atom stereocenters. The zero-order valence-electron chi connectivity index (χ0n) is 17.2. The van der Waals surface area contributed by atoms with E-state index in [9.17, 15) is 9.59 Å². The molecule has 7 nitrogen and oxygen atoms in total. The number of aryl methyl sites for hydroxylation is 1. The summed E-state index contributed by atoms with van der Waals surface area (Å²) in [6.07, 6.45) is 0. The molecule has 4 aromatic rings. The monoisotopic (exact) mass is 472 g/mol. The number of carbonyl (C=O) groups is 2. The Morgan fingerprint density at radius 1 is 1.19 bits per heavy atom. The molecule has 0 radical (unpaired) electrons. The first kappa shape index (κ1) is 21.5. The Kier molecular flexibility index (Phi) is 6.40. The molecule has 4 rings (SSSR count). The fourth-order valence-electron chi connectivity index (χ4n) is 3.06. The molecule has 0 bridgehead atoms. The van der Waals surface area contributed by atoms with Crippen molar-refractivity contribution < 1.29 is 14.3 Å². The summed E-state index contributed by atoms with van der Waals surface area (Å²) in [5.74, 6) is -0.495. The van der Waals surface area contributed by atoms with Crippen molar-refractivity contribution in [2.75, 3.05) is 17.7 Å². The summed E-state index contributed by atoms with van der Waals surface area (Å²) >= 11 is 4.19. The maximum Gasteiger partial charge on any atom is 0.341 e. The van der Waals surface area contributed by atoms with Gasteiger partial charge in [0.2, 0.25) is 10.9 Å². The third-order valence-electron chi connectivity index (χ3n) is 4.64. The van der Waals surface area contributed by atoms with Crippen LogP contribution in [0.2, 0.25) is 0 Å². The second kappa shape index (κ2) is 9.21. The van der Waals surface area contributed by atoms with Crippen LogP contribution in [-0.4, -0.2) is 38.8 Å². The number of thiophene rings is 1. The van der Waals surface area contributed by atoms with Gasteiger partial charge in [0.1, 0.15) is 5.00 Å². The third kappa shape index (κ3) is 4.36. The fourth-order valence-corrected chi connectivity index (χ4v) is 5.76. The zero-order chi connectivity index (χ0) is 22.0. The Labute approximate surface area is 191 Å². The highest BCUT2D eigenvalue weighted by Crippen LogP contribution is 2.34. The van der Waals surface area contributed by atoms with E-state index < -0.39 is 5.97 Å². The van der Waals surface area contributed by atoms with Crippen LogP contribution >= 0.6 is 34.4 Å². The lowest BCUT2D eigenvalue weighted by molar-refractivity contribution is -0.113. The van der Waals surface area contributed by atoms with Crippen LogP contribution in [0.3, 0.4) is 0 Å². The van der Waals surface area contributed by atoms with Gasteiger partial charge in [0.05, 0.1) is 23.6 Å². The molecule has 0 aliphatic carbocycles. The normalized spacial score (nSPS) is 11.1. The number of thioether (sulfide) groups is 1. The van der Waals surface area contributed by atoms with Crippen molar-refractivity contribution in [2.24, 2.45) is 0 Å². The number of hydrogen-bond acceptors (Lipinski definition) is 8. The van der Waals surface area contributed by atoms with E-state index in [1.54, 1.807) is 6.92 Å². The van der Waals surface area contributed by atoms with E-state index in [2.05, 4.69) is 15.5 Å². The van der Waals surface area contributed by atoms with Gasteiger partial charge in [-0.25, -0.2) is 4.79 Å². The Morgan fingerprint density at radius 2 is 1.97 bits per heavy atom. The van der Waals surface area contributed by atoms with E-state index in [4.69, 9.17) is 4.74 Å². The number of hydrogen-bond donors (Lipinski definition) is 1. The molecule has 0 saturated heterocycles. The van der Waals surface area contributed by atoms with Gasteiger partial charge in [0, 0.05) is 10.3 Å². The maximum atomic E-state index is 12.7. The molecule has 1 amide bonds. The van der Waals surface area contributed by atoms with Crippen molar-refractivity contribution >= 4 is 56.3 Å². The van der Waals surface area contributed by atoms with E-state index in [-0.39, 0.29) is 18.3 Å². The minimum atomic E-state index is -0.419. The Hall–Kier alpha value is -2.69. The Bertz CT molecular complexity index is 1240. The summed E-state index contributed by atoms with van der Waals surface area (Å²) < 4.78 is 7.11. The first-order valence-corrected chi connectivity index (χ1v) is 12.3. The number of thiazole rings is 1. The quantitative estimate of drug-likeness (QED) is 0.299. The average molecular weight is 473 g/mol. The lowest BCUT2D eigenvalue weighted by atomic mass is 10.1. The number of ether oxygens (including phenoxy) is 1. The van der Waals surface area contributed by atoms with E-state index in [0.29, 0.717) is 15.7 Å². The molecule has 0 spiro atoms. The summed E-state index contributed by atoms with van der Waals surface area (Å²) in [7, 11) is 0. The Balaban J connectivity index is 1.51. The lowest BCUT2D eigenvalue weighted by Crippen LogP contribution is -2.16. The van der Waals surface area contributed by atoms with Crippen LogP contribution in [0, 0.1) is 13.8 Å². The standard InChI is InChI=1S/C21H20N4O3S3/c1-4-28-19(27)17-12(2)13(3)31-18(17)22-16(26)11-30-21-24-23-20-25(21)15(10-29-20)14-8-6-5-7-9-14/h5-10H,4,11H2,1-3H3,(H,22,26). The van der Waals surface area contributed by atoms with E-state index in [0.717, 1.165) is 26.7 Å². The largest absolute Gasteiger partial charge is 0.462 e. The highest BCUT2D eigenvalue weighted by molar-refractivity contribution is 7.99. The fraction of sp³-hybridized carbons (Fsp3) is 0.238. The number of esters is 1. The minimum absolute atomic E-state index is 0.142. The van der Waals surface area contributed by atoms with Crippen LogP contribution in [-0.2, 0) is 9.53 Å². The molecule has 0 aliphatic heterocycles. The van der Waals surface area contributed by atoms with Gasteiger partial charge in [0.15, 0.2) is 5.16 Å². The highest BCUT2D eigenvalue weighted by Gasteiger charge is 2.22. The topological polar surface area (TPSA) is 85.6 Å². The van der Waals surface area contributed by atoms with Gasteiger partial charge < -0.3 is 10.1 Å². The third-order valence-corrected chi connectivity index (χ3v) is 7.51. The number of anilines is 1. The second-order valence-electron chi connectivity index (χ2n) is 6.63. The van der Waals surface area contributed by atoms with Crippen LogP contribution in [0.25, 0.3) is 16.2 Å². The van der Waals surface area contributed by atoms with Crippen LogP contribution in [0.1, 0.15) is 27.7 Å². The molecule has 1 N–H and O–H groups in total. The number of carbonyl (C=O) groups excluding carboxylic acids is 2. The van der Waals surface area contributed by atoms with Crippen LogP contribution in [0.4, 0.5) is 5.00 Å². The smallest absolute Gasteiger partial charge is 0.341 e. The van der Waals surface area contributed by atoms with Crippen molar-refractivity contribution in [3.8, 4) is 11.3 Å². The molecule has 10 heteroatoms. The predicted molar refractivity (Wildman–Crippen MR) is 125 cm³/mol. The van der Waals surface area contributed by atoms with E-state index in [1.807, 2.05) is 54.0 Å². The molecule has 3 aromatic heterocycles. The molecule has 0 aliphatic rings. The molecule has 31 heavy (non-hydrogen) atoms. The number of rotatable bonds is 7. The van der Waals surface area contributed by atoms with Gasteiger partial charge in [-0.3, -0.25) is 9.20 Å². The van der Waals surface area contributed by atoms with Gasteiger partial charge >= 0.3 is 5.97 Å². The van der Waals surface area contributed by atoms with Crippen molar-refractivity contribution in [2.45, 2.75) is 25.9 Å². The first-order valence-electron chi connectivity index (χ1n) is 9.57. The summed E-state index contributed by atoms with van der Waals surface area (Å²) in [5.41, 5.74) is 3.30. The van der Waals surface area contributed by atoms with Crippen molar-refractivity contribution in [3.63, 3.8) is 0 Å². The lowest BCUT2D eigenvalue weighted by Gasteiger charge is -2.07. The average Bonchev–Trinajstić information content (AvgIpc) is 3.42. The van der Waals surface area contributed by atoms with Gasteiger partial charge in [0.25, 0.3) is 0 Å². The number of amides is 1. The summed E-state index contributed by atoms with van der Waals surface area (Å²) in [6, 6.07) is 9.99. The molecular formula is C21H20N4O3S3. The molecular weight excluding hydrogens is 452 g/mol. The number of benzene rings is 1. The van der Waals surface area contributed by atoms with E-state index in [1.165, 1.54) is 34.4 Å². The first-order chi connectivity index (χ1) is 15.0. The maximum absolute atomic E-state index is 12.7. The molecule has 3 heterocycles. The Morgan fingerprint density at radius 3 is 2.71 bits per heavy atom. The molecule has 1 aromatic carbocycles.